The van der Waals surface area contributed by atoms with Crippen molar-refractivity contribution in [3.63, 3.8) is 0 Å². The van der Waals surface area contributed by atoms with Crippen molar-refractivity contribution in [2.24, 2.45) is 5.10 Å². The molecule has 1 amide bonds. The van der Waals surface area contributed by atoms with Crippen LogP contribution in [-0.2, 0) is 11.3 Å². The molecule has 31 heavy (non-hydrogen) atoms. The predicted octanol–water partition coefficient (Wildman–Crippen LogP) is 1.92. The highest BCUT2D eigenvalue weighted by Crippen LogP contribution is 2.27. The molecule has 0 fully saturated rings. The Bertz CT molecular complexity index is 1260. The summed E-state index contributed by atoms with van der Waals surface area (Å²) in [5.74, 6) is 0.418. The van der Waals surface area contributed by atoms with Crippen molar-refractivity contribution >= 4 is 29.0 Å². The third-order valence-electron chi connectivity index (χ3n) is 4.37. The zero-order valence-corrected chi connectivity index (χ0v) is 16.5. The van der Waals surface area contributed by atoms with Gasteiger partial charge in [0.15, 0.2) is 28.8 Å². The van der Waals surface area contributed by atoms with Gasteiger partial charge in [-0.3, -0.25) is 4.79 Å². The number of aromatic hydroxyl groups is 1. The number of nitrogens with zero attached hydrogens (tertiary/aromatic N) is 5. The summed E-state index contributed by atoms with van der Waals surface area (Å²) in [7, 11) is 0. The number of rotatable bonds is 7. The van der Waals surface area contributed by atoms with Gasteiger partial charge in [0, 0.05) is 0 Å². The monoisotopic (exact) mass is 421 g/mol. The van der Waals surface area contributed by atoms with Crippen LogP contribution in [0.1, 0.15) is 12.5 Å². The second kappa shape index (κ2) is 8.53. The minimum absolute atomic E-state index is 0.0316. The Morgan fingerprint density at radius 3 is 2.94 bits per heavy atom. The number of nitrogens with one attached hydrogen (secondary N) is 1. The smallest absolute Gasteiger partial charge is 0.260 e. The number of hydrogen-bond acceptors (Lipinski definition) is 9. The van der Waals surface area contributed by atoms with E-state index in [0.717, 1.165) is 5.52 Å². The van der Waals surface area contributed by atoms with E-state index in [9.17, 15) is 9.90 Å². The number of nitrogen functional groups attached to an aromatic ring is 1. The number of carbonyl (C=O) groups excluding carboxylic acids is 1. The minimum Gasteiger partial charge on any atom is -0.504 e. The highest BCUT2D eigenvalue weighted by molar-refractivity contribution is 5.86. The second-order valence-corrected chi connectivity index (χ2v) is 6.46. The molecule has 11 nitrogen and oxygen atoms in total. The number of imidazole rings is 1. The van der Waals surface area contributed by atoms with E-state index >= 15 is 0 Å². The van der Waals surface area contributed by atoms with E-state index in [1.807, 2.05) is 31.2 Å². The van der Waals surface area contributed by atoms with Gasteiger partial charge in [0.1, 0.15) is 6.54 Å². The van der Waals surface area contributed by atoms with E-state index in [4.69, 9.17) is 10.5 Å². The number of aromatic nitrogens is 4. The molecule has 2 heterocycles. The van der Waals surface area contributed by atoms with Gasteiger partial charge < -0.3 is 20.1 Å². The molecule has 0 saturated carbocycles. The molecule has 4 rings (SSSR count). The summed E-state index contributed by atoms with van der Waals surface area (Å²) >= 11 is 0. The summed E-state index contributed by atoms with van der Waals surface area (Å²) < 4.78 is 11.7. The van der Waals surface area contributed by atoms with Crippen LogP contribution in [0, 0.1) is 0 Å². The van der Waals surface area contributed by atoms with Crippen molar-refractivity contribution in [2.75, 3.05) is 12.3 Å². The first-order valence-corrected chi connectivity index (χ1v) is 9.38. The van der Waals surface area contributed by atoms with Gasteiger partial charge in [-0.05, 0) is 53.1 Å². The molecule has 0 saturated heterocycles. The fraction of sp³-hybridized carbons (Fsp3) is 0.150. The largest absolute Gasteiger partial charge is 0.504 e. The average Bonchev–Trinajstić information content (AvgIpc) is 3.34. The third kappa shape index (κ3) is 4.15. The lowest BCUT2D eigenvalue weighted by molar-refractivity contribution is -0.121. The van der Waals surface area contributed by atoms with Crippen LogP contribution in [0.25, 0.3) is 22.6 Å². The van der Waals surface area contributed by atoms with Crippen molar-refractivity contribution in [2.45, 2.75) is 13.5 Å². The topological polar surface area (TPSA) is 154 Å². The van der Waals surface area contributed by atoms with Gasteiger partial charge in [0.05, 0.1) is 23.9 Å². The van der Waals surface area contributed by atoms with E-state index in [1.54, 1.807) is 16.7 Å². The van der Waals surface area contributed by atoms with Crippen LogP contribution in [0.5, 0.6) is 11.5 Å². The predicted molar refractivity (Wildman–Crippen MR) is 112 cm³/mol. The maximum atomic E-state index is 12.5. The van der Waals surface area contributed by atoms with Gasteiger partial charge in [-0.2, -0.15) is 5.10 Å². The van der Waals surface area contributed by atoms with Crippen LogP contribution in [0.2, 0.25) is 0 Å². The number of carbonyl (C=O) groups is 1. The summed E-state index contributed by atoms with van der Waals surface area (Å²) in [6.45, 7) is 2.15. The Morgan fingerprint density at radius 2 is 2.16 bits per heavy atom. The highest BCUT2D eigenvalue weighted by atomic mass is 16.6. The standard InChI is InChI=1S/C20H19N7O4/c1-2-30-16-9-12(7-8-15(16)28)10-22-24-17(29)11-27-14-6-4-3-5-13(14)23-20(27)18-19(21)26-31-25-18/h3-10,28H,2,11H2,1H3,(H2,21,26)(H,24,29)/b22-10-. The molecule has 4 N–H and O–H groups in total. The van der Waals surface area contributed by atoms with Gasteiger partial charge in [0.2, 0.25) is 0 Å². The summed E-state index contributed by atoms with van der Waals surface area (Å²) in [5, 5.41) is 21.1. The Kier molecular flexibility index (Phi) is 5.47. The van der Waals surface area contributed by atoms with Gasteiger partial charge in [-0.1, -0.05) is 12.1 Å². The number of fused-ring (bicyclic) bond motifs is 1. The highest BCUT2D eigenvalue weighted by Gasteiger charge is 2.20. The summed E-state index contributed by atoms with van der Waals surface area (Å²) in [4.78, 5) is 17.0. The van der Waals surface area contributed by atoms with E-state index in [2.05, 4.69) is 30.5 Å². The zero-order chi connectivity index (χ0) is 21.8. The number of hydrogen-bond donors (Lipinski definition) is 3. The molecule has 11 heteroatoms. The lowest BCUT2D eigenvalue weighted by Gasteiger charge is -2.07. The number of ether oxygens (including phenoxy) is 1. The number of benzene rings is 2. The number of phenolic OH excluding ortho intramolecular Hbond substituents is 1. The van der Waals surface area contributed by atoms with E-state index in [1.165, 1.54) is 12.3 Å². The molecule has 2 aromatic heterocycles. The normalized spacial score (nSPS) is 11.3. The molecule has 0 bridgehead atoms. The molecule has 0 atom stereocenters. The third-order valence-corrected chi connectivity index (χ3v) is 4.37. The first-order chi connectivity index (χ1) is 15.1. The Morgan fingerprint density at radius 1 is 1.32 bits per heavy atom. The van der Waals surface area contributed by atoms with Crippen molar-refractivity contribution in [3.05, 3.63) is 48.0 Å². The summed E-state index contributed by atoms with van der Waals surface area (Å²) in [6, 6.07) is 12.1. The van der Waals surface area contributed by atoms with Crippen molar-refractivity contribution < 1.29 is 19.3 Å². The van der Waals surface area contributed by atoms with Crippen LogP contribution < -0.4 is 15.9 Å². The number of para-hydroxylation sites is 2. The quantitative estimate of drug-likeness (QED) is 0.302. The van der Waals surface area contributed by atoms with Crippen LogP contribution in [0.3, 0.4) is 0 Å². The van der Waals surface area contributed by atoms with Gasteiger partial charge in [-0.25, -0.2) is 15.0 Å². The second-order valence-electron chi connectivity index (χ2n) is 6.46. The Labute approximate surface area is 176 Å². The number of anilines is 1. The number of phenols is 1. The Balaban J connectivity index is 1.53. The van der Waals surface area contributed by atoms with Crippen LogP contribution >= 0.6 is 0 Å². The van der Waals surface area contributed by atoms with Gasteiger partial charge in [0.25, 0.3) is 5.91 Å². The molecule has 0 radical (unpaired) electrons. The molecule has 4 aromatic rings. The molecular formula is C20H19N7O4. The molecule has 0 aliphatic rings. The molecule has 0 spiro atoms. The molecule has 2 aromatic carbocycles. The maximum absolute atomic E-state index is 12.5. The van der Waals surface area contributed by atoms with Crippen LogP contribution in [-0.4, -0.2) is 43.7 Å². The van der Waals surface area contributed by atoms with E-state index < -0.39 is 0 Å². The van der Waals surface area contributed by atoms with Crippen LogP contribution in [0.15, 0.2) is 52.2 Å². The summed E-state index contributed by atoms with van der Waals surface area (Å²) in [6.07, 6.45) is 1.45. The zero-order valence-electron chi connectivity index (χ0n) is 16.5. The summed E-state index contributed by atoms with van der Waals surface area (Å²) in [5.41, 5.74) is 10.6. The number of amides is 1. The average molecular weight is 421 g/mol. The van der Waals surface area contributed by atoms with Crippen molar-refractivity contribution in [3.8, 4) is 23.0 Å². The van der Waals surface area contributed by atoms with Gasteiger partial charge >= 0.3 is 0 Å². The lowest BCUT2D eigenvalue weighted by Crippen LogP contribution is -2.23. The van der Waals surface area contributed by atoms with Crippen molar-refractivity contribution in [1.82, 2.24) is 25.3 Å². The minimum atomic E-state index is -0.389. The first-order valence-electron chi connectivity index (χ1n) is 9.38. The molecule has 0 aliphatic heterocycles. The fourth-order valence-corrected chi connectivity index (χ4v) is 3.01. The Hall–Kier alpha value is -4.41. The number of nitrogens with two attached hydrogens (primary N) is 1. The van der Waals surface area contributed by atoms with Gasteiger partial charge in [-0.15, -0.1) is 0 Å². The fourth-order valence-electron chi connectivity index (χ4n) is 3.01. The number of hydrazone groups is 1. The first kappa shape index (κ1) is 19.9. The molecule has 158 valence electrons. The maximum Gasteiger partial charge on any atom is 0.260 e. The molecule has 0 aliphatic carbocycles. The lowest BCUT2D eigenvalue weighted by atomic mass is 10.2. The van der Waals surface area contributed by atoms with Crippen LogP contribution in [0.4, 0.5) is 5.82 Å². The van der Waals surface area contributed by atoms with E-state index in [0.29, 0.717) is 29.3 Å². The SMILES string of the molecule is CCOc1cc(/C=N\NC(=O)Cn2c(-c3nonc3N)nc3ccccc32)ccc1O. The van der Waals surface area contributed by atoms with E-state index in [-0.39, 0.29) is 29.7 Å². The molecular weight excluding hydrogens is 402 g/mol. The van der Waals surface area contributed by atoms with Crippen molar-refractivity contribution in [1.29, 1.82) is 0 Å². The molecule has 0 unspecified atom stereocenters.